The van der Waals surface area contributed by atoms with Gasteiger partial charge in [-0.05, 0) is 39.2 Å². The molecular formula is C18H27N3O2. The molecule has 0 N–H and O–H groups in total. The van der Waals surface area contributed by atoms with E-state index in [0.29, 0.717) is 17.0 Å². The molecule has 1 fully saturated rings. The molecule has 0 spiro atoms. The summed E-state index contributed by atoms with van der Waals surface area (Å²) in [6.45, 7) is 9.07. The Morgan fingerprint density at radius 1 is 1.26 bits per heavy atom. The van der Waals surface area contributed by atoms with Crippen LogP contribution in [0.1, 0.15) is 75.7 Å². The van der Waals surface area contributed by atoms with Gasteiger partial charge in [0.1, 0.15) is 11.5 Å². The highest BCUT2D eigenvalue weighted by Gasteiger charge is 2.25. The van der Waals surface area contributed by atoms with Crippen LogP contribution in [0, 0.1) is 13.8 Å². The van der Waals surface area contributed by atoms with E-state index in [1.165, 1.54) is 6.92 Å². The minimum absolute atomic E-state index is 0. The first-order chi connectivity index (χ1) is 11.0. The van der Waals surface area contributed by atoms with Crippen molar-refractivity contribution in [2.75, 3.05) is 0 Å². The van der Waals surface area contributed by atoms with E-state index in [-0.39, 0.29) is 24.4 Å². The molecule has 0 unspecified atom stereocenters. The zero-order chi connectivity index (χ0) is 17.1. The lowest BCUT2D eigenvalue weighted by atomic mass is 10.0. The fourth-order valence-corrected chi connectivity index (χ4v) is 3.33. The molecule has 0 saturated heterocycles. The van der Waals surface area contributed by atoms with Gasteiger partial charge >= 0.3 is 0 Å². The largest absolute Gasteiger partial charge is 0.294 e. The lowest BCUT2D eigenvalue weighted by Crippen LogP contribution is -2.30. The third-order valence-corrected chi connectivity index (χ3v) is 4.37. The smallest absolute Gasteiger partial charge is 0.263 e. The molecule has 2 aromatic heterocycles. The quantitative estimate of drug-likeness (QED) is 0.785. The van der Waals surface area contributed by atoms with Crippen molar-refractivity contribution in [1.29, 1.82) is 0 Å². The van der Waals surface area contributed by atoms with E-state index in [1.54, 1.807) is 17.7 Å². The average molecular weight is 317 g/mol. The molecule has 3 rings (SSSR count). The van der Waals surface area contributed by atoms with Gasteiger partial charge in [0.15, 0.2) is 5.78 Å². The predicted octanol–water partition coefficient (Wildman–Crippen LogP) is 4.00. The molecule has 1 aliphatic rings. The Labute approximate surface area is 138 Å². The third kappa shape index (κ3) is 3.05. The minimum atomic E-state index is -0.197. The molecule has 0 aliphatic heterocycles. The SMILES string of the molecule is CC.CC(=O)c1c(C)c2cnc(C)nc2n(C2CCCC2)c1=O.[HH]. The summed E-state index contributed by atoms with van der Waals surface area (Å²) < 4.78 is 1.74. The molecule has 1 aliphatic carbocycles. The summed E-state index contributed by atoms with van der Waals surface area (Å²) >= 11 is 0. The lowest BCUT2D eigenvalue weighted by molar-refractivity contribution is 0.101. The molecule has 1 saturated carbocycles. The van der Waals surface area contributed by atoms with Crippen LogP contribution in [-0.4, -0.2) is 20.3 Å². The summed E-state index contributed by atoms with van der Waals surface area (Å²) in [5, 5.41) is 0.803. The Balaban J connectivity index is 0.000000925. The van der Waals surface area contributed by atoms with Gasteiger partial charge in [-0.15, -0.1) is 0 Å². The van der Waals surface area contributed by atoms with Crippen LogP contribution in [0.15, 0.2) is 11.0 Å². The second-order valence-electron chi connectivity index (χ2n) is 5.82. The Bertz CT molecular complexity index is 793. The number of carbonyl (C=O) groups is 1. The molecule has 0 radical (unpaired) electrons. The van der Waals surface area contributed by atoms with Gasteiger partial charge in [0, 0.05) is 19.1 Å². The van der Waals surface area contributed by atoms with Crippen LogP contribution in [0.3, 0.4) is 0 Å². The number of aromatic nitrogens is 3. The van der Waals surface area contributed by atoms with Crippen LogP contribution < -0.4 is 5.56 Å². The molecule has 0 aromatic carbocycles. The van der Waals surface area contributed by atoms with E-state index in [2.05, 4.69) is 9.97 Å². The van der Waals surface area contributed by atoms with Gasteiger partial charge in [0.2, 0.25) is 0 Å². The maximum atomic E-state index is 12.8. The highest BCUT2D eigenvalue weighted by atomic mass is 16.1. The molecule has 23 heavy (non-hydrogen) atoms. The third-order valence-electron chi connectivity index (χ3n) is 4.37. The molecule has 5 nitrogen and oxygen atoms in total. The Morgan fingerprint density at radius 3 is 2.43 bits per heavy atom. The van der Waals surface area contributed by atoms with Gasteiger partial charge in [-0.1, -0.05) is 26.7 Å². The number of hydrogen-bond donors (Lipinski definition) is 0. The standard InChI is InChI=1S/C16H19N3O2.C2H6.H2/c1-9-13-8-17-11(3)18-15(13)19(12-6-4-5-7-12)16(21)14(9)10(2)20;1-2;/h8,12H,4-7H2,1-3H3;1-2H3;1H. The summed E-state index contributed by atoms with van der Waals surface area (Å²) in [5.41, 5.74) is 1.44. The average Bonchev–Trinajstić information content (AvgIpc) is 3.02. The summed E-state index contributed by atoms with van der Waals surface area (Å²) in [4.78, 5) is 33.4. The van der Waals surface area contributed by atoms with Crippen LogP contribution in [0.2, 0.25) is 0 Å². The van der Waals surface area contributed by atoms with E-state index in [1.807, 2.05) is 20.8 Å². The van der Waals surface area contributed by atoms with E-state index in [9.17, 15) is 9.59 Å². The number of aryl methyl sites for hydroxylation is 2. The maximum Gasteiger partial charge on any atom is 0.263 e. The highest BCUT2D eigenvalue weighted by Crippen LogP contribution is 2.31. The summed E-state index contributed by atoms with van der Waals surface area (Å²) in [7, 11) is 0. The van der Waals surface area contributed by atoms with Gasteiger partial charge in [-0.2, -0.15) is 0 Å². The first-order valence-corrected chi connectivity index (χ1v) is 8.40. The number of rotatable bonds is 2. The highest BCUT2D eigenvalue weighted by molar-refractivity contribution is 5.99. The van der Waals surface area contributed by atoms with Gasteiger partial charge in [-0.3, -0.25) is 14.2 Å². The van der Waals surface area contributed by atoms with Crippen molar-refractivity contribution >= 4 is 16.8 Å². The van der Waals surface area contributed by atoms with E-state index in [4.69, 9.17) is 0 Å². The Morgan fingerprint density at radius 2 is 1.87 bits per heavy atom. The van der Waals surface area contributed by atoms with Gasteiger partial charge in [0.05, 0.1) is 5.56 Å². The van der Waals surface area contributed by atoms with Crippen LogP contribution in [-0.2, 0) is 0 Å². The number of ketones is 1. The van der Waals surface area contributed by atoms with Crippen molar-refractivity contribution in [2.24, 2.45) is 0 Å². The van der Waals surface area contributed by atoms with E-state index in [0.717, 1.165) is 31.1 Å². The molecule has 5 heteroatoms. The van der Waals surface area contributed by atoms with Crippen molar-refractivity contribution in [3.63, 3.8) is 0 Å². The fourth-order valence-electron chi connectivity index (χ4n) is 3.33. The molecule has 2 heterocycles. The minimum Gasteiger partial charge on any atom is -0.294 e. The molecule has 0 bridgehead atoms. The second kappa shape index (κ2) is 7.02. The number of nitrogens with zero attached hydrogens (tertiary/aromatic N) is 3. The normalized spacial score (nSPS) is 14.7. The van der Waals surface area contributed by atoms with E-state index >= 15 is 0 Å². The number of Topliss-reactive ketones (excluding diaryl/α,β-unsaturated/α-hetero) is 1. The topological polar surface area (TPSA) is 64.8 Å². The molecular weight excluding hydrogens is 290 g/mol. The van der Waals surface area contributed by atoms with Gasteiger partial charge in [0.25, 0.3) is 5.56 Å². The monoisotopic (exact) mass is 317 g/mol. The Kier molecular flexibility index (Phi) is 5.29. The number of fused-ring (bicyclic) bond motifs is 1. The van der Waals surface area contributed by atoms with Crippen LogP contribution in [0.4, 0.5) is 0 Å². The van der Waals surface area contributed by atoms with Crippen LogP contribution in [0.5, 0.6) is 0 Å². The first-order valence-electron chi connectivity index (χ1n) is 8.40. The van der Waals surface area contributed by atoms with Crippen molar-refractivity contribution < 1.29 is 6.22 Å². The first kappa shape index (κ1) is 17.3. The predicted molar refractivity (Wildman–Crippen MR) is 94.2 cm³/mol. The maximum absolute atomic E-state index is 12.8. The molecule has 2 aromatic rings. The van der Waals surface area contributed by atoms with Gasteiger partial charge in [-0.25, -0.2) is 9.97 Å². The van der Waals surface area contributed by atoms with Crippen molar-refractivity contribution in [2.45, 2.75) is 66.3 Å². The number of pyridine rings is 1. The second-order valence-corrected chi connectivity index (χ2v) is 5.82. The van der Waals surface area contributed by atoms with Gasteiger partial charge < -0.3 is 0 Å². The Hall–Kier alpha value is -2.04. The zero-order valence-electron chi connectivity index (χ0n) is 14.6. The summed E-state index contributed by atoms with van der Waals surface area (Å²) in [6.07, 6.45) is 5.90. The molecule has 0 atom stereocenters. The van der Waals surface area contributed by atoms with Crippen LogP contribution >= 0.6 is 0 Å². The van der Waals surface area contributed by atoms with Crippen LogP contribution in [0.25, 0.3) is 11.0 Å². The molecule has 0 amide bonds. The van der Waals surface area contributed by atoms with Crippen molar-refractivity contribution in [3.8, 4) is 0 Å². The molecule has 126 valence electrons. The van der Waals surface area contributed by atoms with Crippen molar-refractivity contribution in [1.82, 2.24) is 14.5 Å². The lowest BCUT2D eigenvalue weighted by Gasteiger charge is -2.19. The summed E-state index contributed by atoms with van der Waals surface area (Å²) in [6, 6.07) is 0.146. The number of hydrogen-bond acceptors (Lipinski definition) is 4. The zero-order valence-corrected chi connectivity index (χ0v) is 14.6. The number of carbonyl (C=O) groups excluding carboxylic acids is 1. The van der Waals surface area contributed by atoms with E-state index < -0.39 is 0 Å². The summed E-state index contributed by atoms with van der Waals surface area (Å²) in [5.74, 6) is 0.454. The van der Waals surface area contributed by atoms with Crippen molar-refractivity contribution in [3.05, 3.63) is 33.5 Å². The fraction of sp³-hybridized carbons (Fsp3) is 0.556.